The molecule has 0 bridgehead atoms. The van der Waals surface area contributed by atoms with Crippen LogP contribution in [0.15, 0.2) is 11.1 Å². The third kappa shape index (κ3) is 4.75. The summed E-state index contributed by atoms with van der Waals surface area (Å²) < 4.78 is 14.6. The van der Waals surface area contributed by atoms with E-state index >= 15 is 0 Å². The second kappa shape index (κ2) is 7.29. The van der Waals surface area contributed by atoms with E-state index in [4.69, 9.17) is 14.2 Å². The first-order valence-corrected chi connectivity index (χ1v) is 7.08. The Balaban J connectivity index is 3.03. The van der Waals surface area contributed by atoms with Crippen molar-refractivity contribution in [1.29, 1.82) is 0 Å². The van der Waals surface area contributed by atoms with Gasteiger partial charge in [0.05, 0.1) is 25.8 Å². The van der Waals surface area contributed by atoms with Crippen LogP contribution >= 0.6 is 0 Å². The van der Waals surface area contributed by atoms with Crippen molar-refractivity contribution in [3.8, 4) is 0 Å². The molecule has 0 heterocycles. The van der Waals surface area contributed by atoms with Crippen LogP contribution in [0.3, 0.4) is 0 Å². The predicted octanol–water partition coefficient (Wildman–Crippen LogP) is 1.71. The molecule has 0 aromatic heterocycles. The Morgan fingerprint density at radius 2 is 1.68 bits per heavy atom. The summed E-state index contributed by atoms with van der Waals surface area (Å²) in [6.07, 6.45) is 0.920. The van der Waals surface area contributed by atoms with Gasteiger partial charge in [0, 0.05) is 5.57 Å². The number of amides is 1. The number of ether oxygens (including phenoxy) is 3. The Bertz CT molecular complexity index is 489. The molecule has 7 nitrogen and oxygen atoms in total. The largest absolute Gasteiger partial charge is 0.466 e. The molecule has 0 spiro atoms. The topological polar surface area (TPSA) is 90.9 Å². The lowest BCUT2D eigenvalue weighted by molar-refractivity contribution is -0.140. The lowest BCUT2D eigenvalue weighted by Gasteiger charge is -2.28. The first-order chi connectivity index (χ1) is 10.2. The average Bonchev–Trinajstić information content (AvgIpc) is 2.43. The van der Waals surface area contributed by atoms with Crippen molar-refractivity contribution >= 4 is 18.0 Å². The molecule has 0 saturated carbocycles. The highest BCUT2D eigenvalue weighted by atomic mass is 16.6. The second-order valence-corrected chi connectivity index (χ2v) is 5.97. The molecule has 124 valence electrons. The van der Waals surface area contributed by atoms with Gasteiger partial charge in [0.1, 0.15) is 5.60 Å². The number of carbonyl (C=O) groups is 3. The molecule has 22 heavy (non-hydrogen) atoms. The van der Waals surface area contributed by atoms with E-state index < -0.39 is 29.7 Å². The Labute approximate surface area is 130 Å². The maximum Gasteiger partial charge on any atom is 0.408 e. The highest BCUT2D eigenvalue weighted by Gasteiger charge is 2.34. The Kier molecular flexibility index (Phi) is 5.96. The zero-order valence-corrected chi connectivity index (χ0v) is 13.6. The third-order valence-electron chi connectivity index (χ3n) is 3.12. The molecule has 0 aliphatic heterocycles. The van der Waals surface area contributed by atoms with Crippen LogP contribution in [0.25, 0.3) is 0 Å². The van der Waals surface area contributed by atoms with Crippen LogP contribution in [-0.2, 0) is 23.8 Å². The van der Waals surface area contributed by atoms with Crippen molar-refractivity contribution in [2.45, 2.75) is 51.7 Å². The maximum absolute atomic E-state index is 12.0. The van der Waals surface area contributed by atoms with Crippen molar-refractivity contribution in [3.63, 3.8) is 0 Å². The van der Waals surface area contributed by atoms with E-state index in [1.165, 1.54) is 14.2 Å². The van der Waals surface area contributed by atoms with Crippen molar-refractivity contribution in [2.75, 3.05) is 14.2 Å². The number of alkyl carbamates (subject to hydrolysis) is 1. The molecule has 1 rings (SSSR count). The molecular formula is C15H23NO6. The summed E-state index contributed by atoms with van der Waals surface area (Å²) in [6, 6.07) is -0.634. The SMILES string of the molecule is COC(=O)C1=C(C(=O)OC)C(NC(=O)OC(C)(C)C)CCC1. The number of rotatable bonds is 3. The number of hydrogen-bond acceptors (Lipinski definition) is 6. The zero-order valence-electron chi connectivity index (χ0n) is 13.6. The summed E-state index contributed by atoms with van der Waals surface area (Å²) in [7, 11) is 2.47. The molecule has 7 heteroatoms. The Hall–Kier alpha value is -2.05. The van der Waals surface area contributed by atoms with Gasteiger partial charge in [0.2, 0.25) is 0 Å². The molecule has 0 aromatic carbocycles. The maximum atomic E-state index is 12.0. The lowest BCUT2D eigenvalue weighted by Crippen LogP contribution is -2.44. The predicted molar refractivity (Wildman–Crippen MR) is 78.1 cm³/mol. The first kappa shape index (κ1) is 18.0. The van der Waals surface area contributed by atoms with Crippen LogP contribution in [0.2, 0.25) is 0 Å². The van der Waals surface area contributed by atoms with Crippen LogP contribution in [0, 0.1) is 0 Å². The number of methoxy groups -OCH3 is 2. The van der Waals surface area contributed by atoms with Crippen LogP contribution in [-0.4, -0.2) is 43.9 Å². The van der Waals surface area contributed by atoms with E-state index in [1.54, 1.807) is 20.8 Å². The van der Waals surface area contributed by atoms with Gasteiger partial charge in [-0.2, -0.15) is 0 Å². The molecule has 0 saturated heterocycles. The summed E-state index contributed by atoms with van der Waals surface area (Å²) in [6.45, 7) is 5.22. The molecule has 0 aromatic rings. The summed E-state index contributed by atoms with van der Waals surface area (Å²) >= 11 is 0. The van der Waals surface area contributed by atoms with Gasteiger partial charge in [-0.05, 0) is 40.0 Å². The van der Waals surface area contributed by atoms with E-state index in [-0.39, 0.29) is 11.1 Å². The lowest BCUT2D eigenvalue weighted by atomic mass is 9.87. The smallest absolute Gasteiger partial charge is 0.408 e. The van der Waals surface area contributed by atoms with E-state index in [0.717, 1.165) is 0 Å². The molecule has 1 N–H and O–H groups in total. The number of hydrogen-bond donors (Lipinski definition) is 1. The molecule has 0 radical (unpaired) electrons. The van der Waals surface area contributed by atoms with Crippen LogP contribution in [0.4, 0.5) is 4.79 Å². The fraction of sp³-hybridized carbons (Fsp3) is 0.667. The molecule has 1 amide bonds. The minimum Gasteiger partial charge on any atom is -0.466 e. The summed E-state index contributed by atoms with van der Waals surface area (Å²) in [5, 5.41) is 2.62. The number of nitrogens with one attached hydrogen (secondary N) is 1. The van der Waals surface area contributed by atoms with Gasteiger partial charge in [0.15, 0.2) is 0 Å². The van der Waals surface area contributed by atoms with Crippen molar-refractivity contribution < 1.29 is 28.6 Å². The van der Waals surface area contributed by atoms with E-state index in [0.29, 0.717) is 19.3 Å². The normalized spacial score (nSPS) is 18.5. The Morgan fingerprint density at radius 3 is 2.18 bits per heavy atom. The minimum atomic E-state index is -0.654. The highest BCUT2D eigenvalue weighted by molar-refractivity contribution is 6.01. The van der Waals surface area contributed by atoms with E-state index in [2.05, 4.69) is 5.32 Å². The van der Waals surface area contributed by atoms with Gasteiger partial charge >= 0.3 is 18.0 Å². The highest BCUT2D eigenvalue weighted by Crippen LogP contribution is 2.27. The van der Waals surface area contributed by atoms with Gasteiger partial charge < -0.3 is 19.5 Å². The van der Waals surface area contributed by atoms with Crippen LogP contribution in [0.5, 0.6) is 0 Å². The average molecular weight is 313 g/mol. The molecule has 1 atom stereocenters. The summed E-state index contributed by atoms with van der Waals surface area (Å²) in [5.41, 5.74) is -0.285. The molecule has 1 aliphatic carbocycles. The van der Waals surface area contributed by atoms with Crippen LogP contribution in [0.1, 0.15) is 40.0 Å². The van der Waals surface area contributed by atoms with Gasteiger partial charge in [-0.15, -0.1) is 0 Å². The second-order valence-electron chi connectivity index (χ2n) is 5.97. The molecule has 0 fully saturated rings. The summed E-state index contributed by atoms with van der Waals surface area (Å²) in [5.74, 6) is -1.24. The van der Waals surface area contributed by atoms with Crippen molar-refractivity contribution in [3.05, 3.63) is 11.1 Å². The molecule has 1 unspecified atom stereocenters. The van der Waals surface area contributed by atoms with Crippen LogP contribution < -0.4 is 5.32 Å². The van der Waals surface area contributed by atoms with E-state index in [9.17, 15) is 14.4 Å². The molecular weight excluding hydrogens is 290 g/mol. The summed E-state index contributed by atoms with van der Waals surface area (Å²) in [4.78, 5) is 35.7. The number of esters is 2. The minimum absolute atomic E-state index is 0.131. The van der Waals surface area contributed by atoms with Gasteiger partial charge in [-0.1, -0.05) is 0 Å². The van der Waals surface area contributed by atoms with Crippen molar-refractivity contribution in [2.24, 2.45) is 0 Å². The van der Waals surface area contributed by atoms with Gasteiger partial charge in [-0.25, -0.2) is 14.4 Å². The first-order valence-electron chi connectivity index (χ1n) is 7.08. The fourth-order valence-corrected chi connectivity index (χ4v) is 2.28. The standard InChI is InChI=1S/C15H23NO6/c1-15(2,3)22-14(19)16-10-8-6-7-9(12(17)20-4)11(10)13(18)21-5/h10H,6-8H2,1-5H3,(H,16,19). The van der Waals surface area contributed by atoms with E-state index in [1.807, 2.05) is 0 Å². The van der Waals surface area contributed by atoms with Gasteiger partial charge in [0.25, 0.3) is 0 Å². The van der Waals surface area contributed by atoms with Gasteiger partial charge in [-0.3, -0.25) is 0 Å². The zero-order chi connectivity index (χ0) is 16.9. The fourth-order valence-electron chi connectivity index (χ4n) is 2.28. The monoisotopic (exact) mass is 313 g/mol. The molecule has 1 aliphatic rings. The number of carbonyl (C=O) groups excluding carboxylic acids is 3. The quantitative estimate of drug-likeness (QED) is 0.630. The third-order valence-corrected chi connectivity index (χ3v) is 3.12. The van der Waals surface area contributed by atoms with Crippen molar-refractivity contribution in [1.82, 2.24) is 5.32 Å². The Morgan fingerprint density at radius 1 is 1.09 bits per heavy atom.